The van der Waals surface area contributed by atoms with Gasteiger partial charge in [-0.05, 0) is 90.1 Å². The zero-order valence-electron chi connectivity index (χ0n) is 24.0. The van der Waals surface area contributed by atoms with Crippen LogP contribution in [0.25, 0.3) is 0 Å². The lowest BCUT2D eigenvalue weighted by molar-refractivity contribution is -0.0804. The van der Waals surface area contributed by atoms with E-state index in [4.69, 9.17) is 4.43 Å². The number of rotatable bonds is 6. The number of allylic oxidation sites excluding steroid dienone is 1. The van der Waals surface area contributed by atoms with E-state index in [9.17, 15) is 5.11 Å². The second kappa shape index (κ2) is 10.4. The van der Waals surface area contributed by atoms with Crippen LogP contribution in [0.1, 0.15) is 64.7 Å². The molecular formula is C37H44O2Si. The van der Waals surface area contributed by atoms with Crippen LogP contribution in [0.5, 0.6) is 0 Å². The van der Waals surface area contributed by atoms with Gasteiger partial charge < -0.3 is 9.53 Å². The number of hydrogen-bond donors (Lipinski definition) is 1. The smallest absolute Gasteiger partial charge is 0.288 e. The van der Waals surface area contributed by atoms with Gasteiger partial charge in [0.2, 0.25) is 0 Å². The summed E-state index contributed by atoms with van der Waals surface area (Å²) in [7, 11) is -2.77. The van der Waals surface area contributed by atoms with Gasteiger partial charge in [0.1, 0.15) is 0 Å². The zero-order chi connectivity index (χ0) is 27.2. The zero-order valence-corrected chi connectivity index (χ0v) is 25.0. The van der Waals surface area contributed by atoms with Gasteiger partial charge in [-0.15, -0.1) is 0 Å². The fraction of sp³-hybridized carbons (Fsp3) is 0.459. The normalized spacial score (nSPS) is 33.4. The Bertz CT molecular complexity index is 1240. The molecule has 2 nitrogen and oxygen atoms in total. The van der Waals surface area contributed by atoms with E-state index in [1.807, 2.05) is 0 Å². The molecule has 0 bridgehead atoms. The van der Waals surface area contributed by atoms with Crippen molar-refractivity contribution < 1.29 is 9.53 Å². The first-order valence-corrected chi connectivity index (χ1v) is 17.7. The van der Waals surface area contributed by atoms with Crippen LogP contribution < -0.4 is 15.6 Å². The predicted molar refractivity (Wildman–Crippen MR) is 167 cm³/mol. The number of aliphatic hydroxyl groups is 1. The van der Waals surface area contributed by atoms with E-state index in [-0.39, 0.29) is 16.9 Å². The Balaban J connectivity index is 1.33. The first kappa shape index (κ1) is 26.4. The highest BCUT2D eigenvalue weighted by molar-refractivity contribution is 7.07. The molecule has 40 heavy (non-hydrogen) atoms. The molecule has 3 saturated carbocycles. The lowest BCUT2D eigenvalue weighted by Gasteiger charge is -2.58. The molecule has 7 rings (SSSR count). The Labute approximate surface area is 241 Å². The molecule has 0 spiro atoms. The molecule has 6 atom stereocenters. The summed E-state index contributed by atoms with van der Waals surface area (Å²) >= 11 is 0. The summed E-state index contributed by atoms with van der Waals surface area (Å²) in [5.74, 6) is 1.96. The molecule has 1 unspecified atom stereocenters. The van der Waals surface area contributed by atoms with E-state index in [2.05, 4.69) is 104 Å². The molecule has 3 aromatic rings. The quantitative estimate of drug-likeness (QED) is 0.221. The van der Waals surface area contributed by atoms with Crippen molar-refractivity contribution in [3.63, 3.8) is 0 Å². The second-order valence-electron chi connectivity index (χ2n) is 13.4. The van der Waals surface area contributed by atoms with Gasteiger partial charge in [-0.1, -0.05) is 116 Å². The third-order valence-corrected chi connectivity index (χ3v) is 15.8. The standard InChI is InChI=1S/C37H44O2Si/c1-36-26-24-34-32(33(36)22-23-35(36)38)21-20-28-13-11-12-25-37(28,34)27-39-40(29-14-5-2-6-15-29,30-16-7-3-8-17-30)31-18-9-4-10-19-31/h2-10,14-20,32-35,38H,11-13,21-27H2,1H3/t32-,33-,34+,35?,36-,37+/m0/s1. The van der Waals surface area contributed by atoms with Crippen LogP contribution in [-0.4, -0.2) is 26.1 Å². The predicted octanol–water partition coefficient (Wildman–Crippen LogP) is 6.36. The minimum atomic E-state index is -2.77. The van der Waals surface area contributed by atoms with Crippen molar-refractivity contribution in [2.75, 3.05) is 6.61 Å². The van der Waals surface area contributed by atoms with E-state index >= 15 is 0 Å². The van der Waals surface area contributed by atoms with Crippen molar-refractivity contribution >= 4 is 23.9 Å². The maximum atomic E-state index is 11.0. The SMILES string of the molecule is C[C@]12CC[C@@H]3[C@@H](CC=C4CCCC[C@@]43CO[Si](c3ccccc3)(c3ccccc3)c3ccccc3)[C@@H]1CCC2O. The van der Waals surface area contributed by atoms with Gasteiger partial charge in [-0.25, -0.2) is 0 Å². The average Bonchev–Trinajstić information content (AvgIpc) is 3.33. The Morgan fingerprint density at radius 1 is 0.750 bits per heavy atom. The minimum Gasteiger partial charge on any atom is -0.403 e. The van der Waals surface area contributed by atoms with Crippen LogP contribution in [0, 0.1) is 28.6 Å². The van der Waals surface area contributed by atoms with Crippen molar-refractivity contribution in [1.82, 2.24) is 0 Å². The molecule has 4 aliphatic rings. The summed E-state index contributed by atoms with van der Waals surface area (Å²) in [4.78, 5) is 0. The maximum absolute atomic E-state index is 11.0. The van der Waals surface area contributed by atoms with Crippen molar-refractivity contribution in [3.05, 3.63) is 103 Å². The van der Waals surface area contributed by atoms with Crippen LogP contribution in [0.4, 0.5) is 0 Å². The number of fused-ring (bicyclic) bond motifs is 5. The van der Waals surface area contributed by atoms with E-state index in [1.54, 1.807) is 5.57 Å². The molecule has 0 heterocycles. The summed E-state index contributed by atoms with van der Waals surface area (Å²) in [6, 6.07) is 33.3. The molecular weight excluding hydrogens is 504 g/mol. The Hall–Kier alpha value is -2.46. The molecule has 3 fully saturated rings. The average molecular weight is 549 g/mol. The molecule has 0 aromatic heterocycles. The Morgan fingerprint density at radius 3 is 1.95 bits per heavy atom. The highest BCUT2D eigenvalue weighted by atomic mass is 28.4. The van der Waals surface area contributed by atoms with Gasteiger partial charge in [0.25, 0.3) is 8.32 Å². The van der Waals surface area contributed by atoms with Crippen molar-refractivity contribution in [2.45, 2.75) is 70.8 Å². The summed E-state index contributed by atoms with van der Waals surface area (Å²) in [6.45, 7) is 3.20. The molecule has 0 aliphatic heterocycles. The molecule has 0 amide bonds. The highest BCUT2D eigenvalue weighted by Crippen LogP contribution is 2.65. The van der Waals surface area contributed by atoms with E-state index in [1.165, 1.54) is 60.5 Å². The topological polar surface area (TPSA) is 29.5 Å². The summed E-state index contributed by atoms with van der Waals surface area (Å²) < 4.78 is 7.74. The van der Waals surface area contributed by atoms with Crippen LogP contribution in [0.3, 0.4) is 0 Å². The van der Waals surface area contributed by atoms with Crippen molar-refractivity contribution in [1.29, 1.82) is 0 Å². The maximum Gasteiger partial charge on any atom is 0.288 e. The number of benzene rings is 3. The molecule has 1 N–H and O–H groups in total. The Morgan fingerprint density at radius 2 is 1.35 bits per heavy atom. The second-order valence-corrected chi connectivity index (χ2v) is 16.8. The van der Waals surface area contributed by atoms with Crippen LogP contribution in [-0.2, 0) is 4.43 Å². The fourth-order valence-corrected chi connectivity index (χ4v) is 13.7. The third-order valence-electron chi connectivity index (χ3n) is 11.8. The first-order valence-electron chi connectivity index (χ1n) is 15.8. The van der Waals surface area contributed by atoms with Crippen molar-refractivity contribution in [2.24, 2.45) is 28.6 Å². The van der Waals surface area contributed by atoms with Gasteiger partial charge in [-0.3, -0.25) is 0 Å². The lowest BCUT2D eigenvalue weighted by Crippen LogP contribution is -2.70. The number of aliphatic hydroxyl groups excluding tert-OH is 1. The monoisotopic (exact) mass is 548 g/mol. The Kier molecular flexibility index (Phi) is 6.89. The molecule has 0 saturated heterocycles. The van der Waals surface area contributed by atoms with Crippen LogP contribution >= 0.6 is 0 Å². The highest BCUT2D eigenvalue weighted by Gasteiger charge is 2.60. The van der Waals surface area contributed by atoms with E-state index in [0.717, 1.165) is 19.4 Å². The molecule has 208 valence electrons. The lowest BCUT2D eigenvalue weighted by atomic mass is 9.47. The van der Waals surface area contributed by atoms with Gasteiger partial charge in [0, 0.05) is 12.0 Å². The molecule has 3 aromatic carbocycles. The summed E-state index contributed by atoms with van der Waals surface area (Å²) in [6.07, 6.45) is 13.4. The van der Waals surface area contributed by atoms with Crippen LogP contribution in [0.2, 0.25) is 0 Å². The molecule has 0 radical (unpaired) electrons. The summed E-state index contributed by atoms with van der Waals surface area (Å²) in [5.41, 5.74) is 1.91. The molecule has 3 heteroatoms. The van der Waals surface area contributed by atoms with E-state index < -0.39 is 8.32 Å². The van der Waals surface area contributed by atoms with Crippen LogP contribution in [0.15, 0.2) is 103 Å². The van der Waals surface area contributed by atoms with Gasteiger partial charge in [0.15, 0.2) is 0 Å². The van der Waals surface area contributed by atoms with Gasteiger partial charge in [0.05, 0.1) is 6.10 Å². The fourth-order valence-electron chi connectivity index (χ4n) is 9.72. The molecule has 4 aliphatic carbocycles. The minimum absolute atomic E-state index is 0.0971. The number of hydrogen-bond acceptors (Lipinski definition) is 2. The van der Waals surface area contributed by atoms with E-state index in [0.29, 0.717) is 17.8 Å². The first-order chi connectivity index (χ1) is 19.6. The van der Waals surface area contributed by atoms with Gasteiger partial charge >= 0.3 is 0 Å². The summed E-state index contributed by atoms with van der Waals surface area (Å²) in [5, 5.41) is 15.0. The third kappa shape index (κ3) is 4.03. The largest absolute Gasteiger partial charge is 0.403 e. The van der Waals surface area contributed by atoms with Crippen molar-refractivity contribution in [3.8, 4) is 0 Å². The van der Waals surface area contributed by atoms with Gasteiger partial charge in [-0.2, -0.15) is 0 Å².